The van der Waals surface area contributed by atoms with Gasteiger partial charge in [0.15, 0.2) is 5.69 Å². The van der Waals surface area contributed by atoms with E-state index in [1.54, 1.807) is 6.92 Å². The number of hydrogen-bond acceptors (Lipinski definition) is 3. The maximum Gasteiger partial charge on any atom is 0.435 e. The number of anilines is 1. The number of hydrogen-bond donors (Lipinski definition) is 1. The largest absolute Gasteiger partial charge is 0.435 e. The van der Waals surface area contributed by atoms with Gasteiger partial charge in [0.1, 0.15) is 10.8 Å². The fourth-order valence-electron chi connectivity index (χ4n) is 1.81. The molecule has 2 heterocycles. The van der Waals surface area contributed by atoms with Gasteiger partial charge in [-0.15, -0.1) is 0 Å². The number of carbonyl (C=O) groups is 1. The van der Waals surface area contributed by atoms with Crippen LogP contribution in [-0.2, 0) is 20.3 Å². The minimum absolute atomic E-state index is 0.121. The number of rotatable bonds is 2. The summed E-state index contributed by atoms with van der Waals surface area (Å²) in [5.74, 6) is -0.837. The van der Waals surface area contributed by atoms with E-state index in [0.717, 1.165) is 10.9 Å². The molecule has 1 N–H and O–H groups in total. The van der Waals surface area contributed by atoms with Gasteiger partial charge in [-0.2, -0.15) is 23.4 Å². The summed E-state index contributed by atoms with van der Waals surface area (Å²) in [5, 5.41) is 9.72. The lowest BCUT2D eigenvalue weighted by atomic mass is 10.2. The van der Waals surface area contributed by atoms with E-state index in [9.17, 15) is 18.0 Å². The normalized spacial score (nSPS) is 11.8. The van der Waals surface area contributed by atoms with Crippen LogP contribution in [0.3, 0.4) is 0 Å². The Morgan fingerprint density at radius 2 is 1.95 bits per heavy atom. The van der Waals surface area contributed by atoms with Crippen LogP contribution in [0.2, 0.25) is 5.02 Å². The Morgan fingerprint density at radius 1 is 1.33 bits per heavy atom. The van der Waals surface area contributed by atoms with Gasteiger partial charge in [-0.3, -0.25) is 14.2 Å². The first kappa shape index (κ1) is 15.4. The van der Waals surface area contributed by atoms with Crippen LogP contribution in [0.5, 0.6) is 0 Å². The van der Waals surface area contributed by atoms with E-state index in [0.29, 0.717) is 5.69 Å². The summed E-state index contributed by atoms with van der Waals surface area (Å²) in [6.45, 7) is 1.61. The first-order valence-corrected chi connectivity index (χ1v) is 6.10. The molecule has 0 atom stereocenters. The van der Waals surface area contributed by atoms with Gasteiger partial charge in [0, 0.05) is 20.3 Å². The Kier molecular flexibility index (Phi) is 3.70. The lowest BCUT2D eigenvalue weighted by molar-refractivity contribution is -0.141. The third kappa shape index (κ3) is 2.87. The molecule has 0 aliphatic carbocycles. The molecule has 2 rings (SSSR count). The van der Waals surface area contributed by atoms with E-state index in [2.05, 4.69) is 15.5 Å². The van der Waals surface area contributed by atoms with Gasteiger partial charge in [0.2, 0.25) is 0 Å². The zero-order valence-corrected chi connectivity index (χ0v) is 12.0. The SMILES string of the molecule is Cc1nn(C)c(NC(=O)c2cn(C)nc2C(F)(F)F)c1Cl. The van der Waals surface area contributed by atoms with Crippen molar-refractivity contribution in [1.29, 1.82) is 0 Å². The average molecular weight is 322 g/mol. The molecule has 2 aromatic rings. The third-order valence-electron chi connectivity index (χ3n) is 2.72. The first-order chi connectivity index (χ1) is 9.61. The van der Waals surface area contributed by atoms with Gasteiger partial charge in [0.05, 0.1) is 11.3 Å². The summed E-state index contributed by atoms with van der Waals surface area (Å²) >= 11 is 5.94. The zero-order valence-electron chi connectivity index (χ0n) is 11.3. The number of halogens is 4. The standard InChI is InChI=1S/C11H11ClF3N5O/c1-5-7(12)9(20(3)17-5)16-10(21)6-4-19(2)18-8(6)11(13,14)15/h4H,1-3H3,(H,16,21). The topological polar surface area (TPSA) is 64.7 Å². The Morgan fingerprint density at radius 3 is 2.43 bits per heavy atom. The number of aryl methyl sites for hydroxylation is 3. The van der Waals surface area contributed by atoms with Crippen molar-refractivity contribution < 1.29 is 18.0 Å². The molecule has 0 saturated carbocycles. The van der Waals surface area contributed by atoms with E-state index in [1.165, 1.54) is 18.8 Å². The highest BCUT2D eigenvalue weighted by Gasteiger charge is 2.39. The molecule has 0 spiro atoms. The molecular formula is C11H11ClF3N5O. The van der Waals surface area contributed by atoms with Crippen molar-refractivity contribution >= 4 is 23.3 Å². The van der Waals surface area contributed by atoms with E-state index in [4.69, 9.17) is 11.6 Å². The van der Waals surface area contributed by atoms with E-state index >= 15 is 0 Å². The highest BCUT2D eigenvalue weighted by Crippen LogP contribution is 2.31. The molecule has 0 aliphatic heterocycles. The molecule has 0 unspecified atom stereocenters. The molecule has 0 aromatic carbocycles. The number of aromatic nitrogens is 4. The van der Waals surface area contributed by atoms with Crippen LogP contribution in [-0.4, -0.2) is 25.5 Å². The first-order valence-electron chi connectivity index (χ1n) is 5.72. The molecule has 114 valence electrons. The van der Waals surface area contributed by atoms with E-state index < -0.39 is 23.3 Å². The predicted octanol–water partition coefficient (Wildman–Crippen LogP) is 2.39. The van der Waals surface area contributed by atoms with Gasteiger partial charge in [-0.1, -0.05) is 11.6 Å². The van der Waals surface area contributed by atoms with Crippen LogP contribution in [0.15, 0.2) is 6.20 Å². The maximum absolute atomic E-state index is 12.8. The fourth-order valence-corrected chi connectivity index (χ4v) is 2.01. The average Bonchev–Trinajstić information content (AvgIpc) is 2.85. The molecule has 0 radical (unpaired) electrons. The molecule has 21 heavy (non-hydrogen) atoms. The number of amides is 1. The van der Waals surface area contributed by atoms with Gasteiger partial charge in [0.25, 0.3) is 5.91 Å². The fraction of sp³-hybridized carbons (Fsp3) is 0.364. The highest BCUT2D eigenvalue weighted by molar-refractivity contribution is 6.34. The minimum Gasteiger partial charge on any atom is -0.305 e. The lowest BCUT2D eigenvalue weighted by Crippen LogP contribution is -2.19. The molecule has 1 amide bonds. The Labute approximate surface area is 122 Å². The van der Waals surface area contributed by atoms with Crippen LogP contribution in [0.4, 0.5) is 19.0 Å². The van der Waals surface area contributed by atoms with Crippen molar-refractivity contribution in [1.82, 2.24) is 19.6 Å². The van der Waals surface area contributed by atoms with Gasteiger partial charge in [-0.05, 0) is 6.92 Å². The van der Waals surface area contributed by atoms with Crippen molar-refractivity contribution in [3.63, 3.8) is 0 Å². The van der Waals surface area contributed by atoms with Gasteiger partial charge in [-0.25, -0.2) is 0 Å². The van der Waals surface area contributed by atoms with Gasteiger partial charge < -0.3 is 5.32 Å². The second-order valence-electron chi connectivity index (χ2n) is 4.39. The van der Waals surface area contributed by atoms with E-state index in [-0.39, 0.29) is 10.8 Å². The van der Waals surface area contributed by atoms with Crippen molar-refractivity contribution in [3.8, 4) is 0 Å². The monoisotopic (exact) mass is 321 g/mol. The molecule has 0 saturated heterocycles. The predicted molar refractivity (Wildman–Crippen MR) is 69.1 cm³/mol. The van der Waals surface area contributed by atoms with Crippen molar-refractivity contribution in [3.05, 3.63) is 28.2 Å². The molecule has 6 nitrogen and oxygen atoms in total. The third-order valence-corrected chi connectivity index (χ3v) is 3.18. The number of nitrogens with one attached hydrogen (secondary N) is 1. The summed E-state index contributed by atoms with van der Waals surface area (Å²) in [4.78, 5) is 12.0. The Hall–Kier alpha value is -2.03. The van der Waals surface area contributed by atoms with Crippen LogP contribution in [0.1, 0.15) is 21.7 Å². The molecule has 0 fully saturated rings. The summed E-state index contributed by atoms with van der Waals surface area (Å²) in [7, 11) is 2.82. The second kappa shape index (κ2) is 5.06. The smallest absolute Gasteiger partial charge is 0.305 e. The van der Waals surface area contributed by atoms with Crippen LogP contribution >= 0.6 is 11.6 Å². The number of nitrogens with zero attached hydrogens (tertiary/aromatic N) is 4. The lowest BCUT2D eigenvalue weighted by Gasteiger charge is -2.07. The van der Waals surface area contributed by atoms with Crippen LogP contribution in [0.25, 0.3) is 0 Å². The van der Waals surface area contributed by atoms with Crippen molar-refractivity contribution in [2.45, 2.75) is 13.1 Å². The highest BCUT2D eigenvalue weighted by atomic mass is 35.5. The molecule has 2 aromatic heterocycles. The quantitative estimate of drug-likeness (QED) is 0.923. The Balaban J connectivity index is 2.38. The van der Waals surface area contributed by atoms with Gasteiger partial charge >= 0.3 is 6.18 Å². The molecule has 10 heteroatoms. The second-order valence-corrected chi connectivity index (χ2v) is 4.77. The molecular weight excluding hydrogens is 311 g/mol. The zero-order chi connectivity index (χ0) is 15.9. The Bertz CT molecular complexity index is 704. The van der Waals surface area contributed by atoms with Crippen LogP contribution in [0, 0.1) is 6.92 Å². The summed E-state index contributed by atoms with van der Waals surface area (Å²) in [6.07, 6.45) is -3.73. The van der Waals surface area contributed by atoms with E-state index in [1.807, 2.05) is 0 Å². The van der Waals surface area contributed by atoms with Crippen LogP contribution < -0.4 is 5.32 Å². The summed E-state index contributed by atoms with van der Waals surface area (Å²) < 4.78 is 40.7. The minimum atomic E-state index is -4.72. The number of carbonyl (C=O) groups excluding carboxylic acids is 1. The molecule has 0 bridgehead atoms. The van der Waals surface area contributed by atoms with Crippen molar-refractivity contribution in [2.24, 2.45) is 14.1 Å². The van der Waals surface area contributed by atoms with Crippen molar-refractivity contribution in [2.75, 3.05) is 5.32 Å². The maximum atomic E-state index is 12.8. The summed E-state index contributed by atoms with van der Waals surface area (Å²) in [6, 6.07) is 0. The molecule has 0 aliphatic rings. The number of alkyl halides is 3. The summed E-state index contributed by atoms with van der Waals surface area (Å²) in [5.41, 5.74) is -1.38.